The van der Waals surface area contributed by atoms with Crippen LogP contribution >= 0.6 is 15.9 Å². The van der Waals surface area contributed by atoms with Crippen molar-refractivity contribution >= 4 is 15.9 Å². The fourth-order valence-electron chi connectivity index (χ4n) is 3.35. The van der Waals surface area contributed by atoms with Gasteiger partial charge in [-0.25, -0.2) is 0 Å². The van der Waals surface area contributed by atoms with Crippen molar-refractivity contribution in [3.63, 3.8) is 0 Å². The molecule has 0 bridgehead atoms. The Bertz CT molecular complexity index is 409. The SMILES string of the molecule is COc1ccc(OC2CC(Br)C23CCCC3)cc1. The number of halogens is 1. The quantitative estimate of drug-likeness (QED) is 0.780. The molecule has 1 spiro atoms. The molecule has 0 amide bonds. The Kier molecular flexibility index (Phi) is 3.27. The largest absolute Gasteiger partial charge is 0.497 e. The highest BCUT2D eigenvalue weighted by atomic mass is 79.9. The third kappa shape index (κ3) is 1.93. The summed E-state index contributed by atoms with van der Waals surface area (Å²) in [6, 6.07) is 7.92. The summed E-state index contributed by atoms with van der Waals surface area (Å²) < 4.78 is 11.3. The first-order chi connectivity index (χ1) is 8.74. The Morgan fingerprint density at radius 1 is 1.11 bits per heavy atom. The first kappa shape index (κ1) is 12.3. The number of rotatable bonds is 3. The number of methoxy groups -OCH3 is 1. The first-order valence-corrected chi connectivity index (χ1v) is 7.61. The standard InChI is InChI=1S/C15H19BrO2/c1-17-11-4-6-12(7-5-11)18-14-10-13(16)15(14)8-2-3-9-15/h4-7,13-14H,2-3,8-10H2,1H3. The van der Waals surface area contributed by atoms with Crippen LogP contribution in [0.5, 0.6) is 11.5 Å². The van der Waals surface area contributed by atoms with Crippen LogP contribution in [0.4, 0.5) is 0 Å². The highest BCUT2D eigenvalue weighted by molar-refractivity contribution is 9.09. The molecular weight excluding hydrogens is 292 g/mol. The molecule has 0 radical (unpaired) electrons. The van der Waals surface area contributed by atoms with E-state index in [0.717, 1.165) is 17.9 Å². The number of alkyl halides is 1. The maximum absolute atomic E-state index is 6.17. The molecule has 0 aliphatic heterocycles. The van der Waals surface area contributed by atoms with E-state index >= 15 is 0 Å². The molecule has 2 atom stereocenters. The van der Waals surface area contributed by atoms with Gasteiger partial charge < -0.3 is 9.47 Å². The third-order valence-electron chi connectivity index (χ3n) is 4.56. The highest BCUT2D eigenvalue weighted by Crippen LogP contribution is 2.57. The Hall–Kier alpha value is -0.700. The van der Waals surface area contributed by atoms with Crippen molar-refractivity contribution in [1.29, 1.82) is 0 Å². The molecule has 0 heterocycles. The van der Waals surface area contributed by atoms with E-state index in [1.807, 2.05) is 24.3 Å². The second kappa shape index (κ2) is 4.76. The minimum absolute atomic E-state index is 0.387. The molecule has 2 nitrogen and oxygen atoms in total. The average molecular weight is 311 g/mol. The van der Waals surface area contributed by atoms with Crippen LogP contribution in [0.15, 0.2) is 24.3 Å². The molecule has 0 saturated heterocycles. The minimum atomic E-state index is 0.387. The summed E-state index contributed by atoms with van der Waals surface area (Å²) >= 11 is 3.82. The molecule has 2 fully saturated rings. The van der Waals surface area contributed by atoms with Crippen molar-refractivity contribution in [3.8, 4) is 11.5 Å². The van der Waals surface area contributed by atoms with E-state index in [1.165, 1.54) is 25.7 Å². The Balaban J connectivity index is 1.69. The normalized spacial score (nSPS) is 29.0. The summed E-state index contributed by atoms with van der Waals surface area (Å²) in [7, 11) is 1.69. The monoisotopic (exact) mass is 310 g/mol. The van der Waals surface area contributed by atoms with Crippen LogP contribution in [0.3, 0.4) is 0 Å². The summed E-state index contributed by atoms with van der Waals surface area (Å²) in [6.07, 6.45) is 6.84. The van der Waals surface area contributed by atoms with E-state index in [9.17, 15) is 0 Å². The second-order valence-electron chi connectivity index (χ2n) is 5.43. The zero-order valence-corrected chi connectivity index (χ0v) is 12.3. The van der Waals surface area contributed by atoms with Crippen LogP contribution < -0.4 is 9.47 Å². The summed E-state index contributed by atoms with van der Waals surface area (Å²) in [5.74, 6) is 1.84. The van der Waals surface area contributed by atoms with Crippen LogP contribution in [0, 0.1) is 5.41 Å². The lowest BCUT2D eigenvalue weighted by Gasteiger charge is -2.51. The lowest BCUT2D eigenvalue weighted by atomic mass is 9.64. The average Bonchev–Trinajstić information content (AvgIpc) is 2.92. The van der Waals surface area contributed by atoms with E-state index in [-0.39, 0.29) is 0 Å². The molecule has 3 heteroatoms. The highest BCUT2D eigenvalue weighted by Gasteiger charge is 2.56. The van der Waals surface area contributed by atoms with E-state index in [1.54, 1.807) is 7.11 Å². The molecular formula is C15H19BrO2. The fourth-order valence-corrected chi connectivity index (χ4v) is 4.44. The van der Waals surface area contributed by atoms with Crippen LogP contribution in [0.1, 0.15) is 32.1 Å². The number of hydrogen-bond donors (Lipinski definition) is 0. The number of hydrogen-bond acceptors (Lipinski definition) is 2. The second-order valence-corrected chi connectivity index (χ2v) is 6.53. The molecule has 0 N–H and O–H groups in total. The van der Waals surface area contributed by atoms with Gasteiger partial charge in [0.15, 0.2) is 0 Å². The van der Waals surface area contributed by atoms with Gasteiger partial charge in [0.25, 0.3) is 0 Å². The molecule has 98 valence electrons. The molecule has 18 heavy (non-hydrogen) atoms. The van der Waals surface area contributed by atoms with Gasteiger partial charge in [-0.1, -0.05) is 28.8 Å². The zero-order valence-electron chi connectivity index (χ0n) is 10.7. The number of ether oxygens (including phenoxy) is 2. The predicted octanol–water partition coefficient (Wildman–Crippen LogP) is 4.17. The maximum atomic E-state index is 6.17. The molecule has 3 rings (SSSR count). The van der Waals surface area contributed by atoms with Gasteiger partial charge >= 0.3 is 0 Å². The summed E-state index contributed by atoms with van der Waals surface area (Å²) in [6.45, 7) is 0. The van der Waals surface area contributed by atoms with Gasteiger partial charge in [0, 0.05) is 10.2 Å². The first-order valence-electron chi connectivity index (χ1n) is 6.69. The van der Waals surface area contributed by atoms with Gasteiger partial charge in [-0.2, -0.15) is 0 Å². The van der Waals surface area contributed by atoms with Gasteiger partial charge in [0.05, 0.1) is 7.11 Å². The lowest BCUT2D eigenvalue weighted by molar-refractivity contribution is -0.0304. The lowest BCUT2D eigenvalue weighted by Crippen LogP contribution is -2.55. The number of benzene rings is 1. The molecule has 2 saturated carbocycles. The molecule has 1 aromatic rings. The minimum Gasteiger partial charge on any atom is -0.497 e. The van der Waals surface area contributed by atoms with Crippen LogP contribution in [-0.4, -0.2) is 18.0 Å². The van der Waals surface area contributed by atoms with Crippen LogP contribution in [0.2, 0.25) is 0 Å². The van der Waals surface area contributed by atoms with E-state index in [4.69, 9.17) is 9.47 Å². The third-order valence-corrected chi connectivity index (χ3v) is 5.84. The molecule has 2 unspecified atom stereocenters. The maximum Gasteiger partial charge on any atom is 0.120 e. The van der Waals surface area contributed by atoms with E-state index < -0.39 is 0 Å². The molecule has 1 aromatic carbocycles. The molecule has 0 aromatic heterocycles. The van der Waals surface area contributed by atoms with Crippen LogP contribution in [0.25, 0.3) is 0 Å². The fraction of sp³-hybridized carbons (Fsp3) is 0.600. The molecule has 2 aliphatic rings. The van der Waals surface area contributed by atoms with Crippen molar-refractivity contribution < 1.29 is 9.47 Å². The van der Waals surface area contributed by atoms with Crippen LogP contribution in [-0.2, 0) is 0 Å². The van der Waals surface area contributed by atoms with Crippen molar-refractivity contribution in [1.82, 2.24) is 0 Å². The van der Waals surface area contributed by atoms with Gasteiger partial charge in [0.1, 0.15) is 17.6 Å². The van der Waals surface area contributed by atoms with Gasteiger partial charge in [-0.05, 0) is 43.5 Å². The van der Waals surface area contributed by atoms with Crippen molar-refractivity contribution in [2.24, 2.45) is 5.41 Å². The van der Waals surface area contributed by atoms with Gasteiger partial charge in [0.2, 0.25) is 0 Å². The van der Waals surface area contributed by atoms with Crippen molar-refractivity contribution in [3.05, 3.63) is 24.3 Å². The smallest absolute Gasteiger partial charge is 0.120 e. The van der Waals surface area contributed by atoms with E-state index in [0.29, 0.717) is 16.3 Å². The molecule has 2 aliphatic carbocycles. The topological polar surface area (TPSA) is 18.5 Å². The van der Waals surface area contributed by atoms with Crippen molar-refractivity contribution in [2.75, 3.05) is 7.11 Å². The predicted molar refractivity (Wildman–Crippen MR) is 75.6 cm³/mol. The summed E-state index contributed by atoms with van der Waals surface area (Å²) in [5, 5.41) is 0. The Morgan fingerprint density at radius 2 is 1.72 bits per heavy atom. The Labute approximate surface area is 117 Å². The summed E-state index contributed by atoms with van der Waals surface area (Å²) in [5.41, 5.74) is 0.403. The summed E-state index contributed by atoms with van der Waals surface area (Å²) in [4.78, 5) is 0.649. The zero-order chi connectivity index (χ0) is 12.6. The Morgan fingerprint density at radius 3 is 2.28 bits per heavy atom. The van der Waals surface area contributed by atoms with E-state index in [2.05, 4.69) is 15.9 Å². The van der Waals surface area contributed by atoms with Crippen molar-refractivity contribution in [2.45, 2.75) is 43.0 Å². The van der Waals surface area contributed by atoms with Gasteiger partial charge in [-0.15, -0.1) is 0 Å². The van der Waals surface area contributed by atoms with Gasteiger partial charge in [-0.3, -0.25) is 0 Å².